The Labute approximate surface area is 309 Å². The van der Waals surface area contributed by atoms with Crippen molar-refractivity contribution in [2.75, 3.05) is 0 Å². The van der Waals surface area contributed by atoms with Gasteiger partial charge in [0.15, 0.2) is 17.5 Å². The molecule has 5 nitrogen and oxygen atoms in total. The molecule has 0 saturated heterocycles. The third-order valence-corrected chi connectivity index (χ3v) is 10.4. The number of rotatable bonds is 5. The van der Waals surface area contributed by atoms with Crippen LogP contribution in [0.4, 0.5) is 0 Å². The SMILES string of the molecule is c1ccc(-c2ccc(-c3nc(-c4ccc5ccccc5c4)nc(-c4ccc(-c5cccc6oc7ccccc7c56)c5oc6ccccc6c45)n3)cc2)cc1. The lowest BCUT2D eigenvalue weighted by Crippen LogP contribution is -2.00. The van der Waals surface area contributed by atoms with Gasteiger partial charge in [-0.05, 0) is 63.9 Å². The van der Waals surface area contributed by atoms with Crippen molar-refractivity contribution in [2.45, 2.75) is 0 Å². The number of hydrogen-bond acceptors (Lipinski definition) is 5. The molecule has 54 heavy (non-hydrogen) atoms. The minimum absolute atomic E-state index is 0.574. The van der Waals surface area contributed by atoms with Gasteiger partial charge in [0, 0.05) is 43.8 Å². The number of benzene rings is 8. The van der Waals surface area contributed by atoms with Gasteiger partial charge in [-0.15, -0.1) is 0 Å². The first-order chi connectivity index (χ1) is 26.7. The zero-order chi connectivity index (χ0) is 35.6. The molecule has 0 aliphatic carbocycles. The molecule has 0 aliphatic rings. The van der Waals surface area contributed by atoms with Crippen molar-refractivity contribution < 1.29 is 8.83 Å². The van der Waals surface area contributed by atoms with Crippen molar-refractivity contribution in [1.82, 2.24) is 15.0 Å². The van der Waals surface area contributed by atoms with E-state index in [1.807, 2.05) is 48.5 Å². The topological polar surface area (TPSA) is 65.0 Å². The summed E-state index contributed by atoms with van der Waals surface area (Å²) in [4.78, 5) is 15.5. The van der Waals surface area contributed by atoms with Crippen LogP contribution in [0.5, 0.6) is 0 Å². The molecule has 0 N–H and O–H groups in total. The number of furan rings is 2. The molecule has 3 aromatic heterocycles. The molecule has 11 rings (SSSR count). The molecular formula is C49H29N3O2. The molecule has 5 heteroatoms. The normalized spacial score (nSPS) is 11.7. The largest absolute Gasteiger partial charge is 0.456 e. The zero-order valence-corrected chi connectivity index (χ0v) is 28.9. The van der Waals surface area contributed by atoms with Crippen LogP contribution in [0.2, 0.25) is 0 Å². The van der Waals surface area contributed by atoms with Crippen LogP contribution in [0.3, 0.4) is 0 Å². The van der Waals surface area contributed by atoms with Gasteiger partial charge in [-0.3, -0.25) is 0 Å². The average Bonchev–Trinajstić information content (AvgIpc) is 3.83. The third-order valence-electron chi connectivity index (χ3n) is 10.4. The Bertz CT molecular complexity index is 3210. The maximum absolute atomic E-state index is 6.77. The van der Waals surface area contributed by atoms with Gasteiger partial charge in [-0.25, -0.2) is 15.0 Å². The fourth-order valence-electron chi connectivity index (χ4n) is 7.75. The Balaban J connectivity index is 1.15. The lowest BCUT2D eigenvalue weighted by atomic mass is 9.95. The van der Waals surface area contributed by atoms with Crippen molar-refractivity contribution in [2.24, 2.45) is 0 Å². The minimum atomic E-state index is 0.574. The Kier molecular flexibility index (Phi) is 6.79. The molecule has 252 valence electrons. The molecule has 0 saturated carbocycles. The molecule has 0 spiro atoms. The van der Waals surface area contributed by atoms with Crippen molar-refractivity contribution in [1.29, 1.82) is 0 Å². The molecule has 0 unspecified atom stereocenters. The van der Waals surface area contributed by atoms with Gasteiger partial charge in [-0.1, -0.05) is 140 Å². The van der Waals surface area contributed by atoms with Gasteiger partial charge in [0.25, 0.3) is 0 Å². The summed E-state index contributed by atoms with van der Waals surface area (Å²) in [5.74, 6) is 1.78. The smallest absolute Gasteiger partial charge is 0.164 e. The van der Waals surface area contributed by atoms with Crippen LogP contribution >= 0.6 is 0 Å². The quantitative estimate of drug-likeness (QED) is 0.180. The van der Waals surface area contributed by atoms with Gasteiger partial charge in [0.2, 0.25) is 0 Å². The van der Waals surface area contributed by atoms with E-state index in [1.165, 1.54) is 0 Å². The summed E-state index contributed by atoms with van der Waals surface area (Å²) in [6, 6.07) is 60.4. The van der Waals surface area contributed by atoms with Crippen molar-refractivity contribution in [3.05, 3.63) is 176 Å². The summed E-state index contributed by atoms with van der Waals surface area (Å²) >= 11 is 0. The van der Waals surface area contributed by atoms with Crippen LogP contribution in [0.1, 0.15) is 0 Å². The highest BCUT2D eigenvalue weighted by Crippen LogP contribution is 2.45. The predicted molar refractivity (Wildman–Crippen MR) is 219 cm³/mol. The molecule has 0 bridgehead atoms. The monoisotopic (exact) mass is 691 g/mol. The maximum Gasteiger partial charge on any atom is 0.164 e. The Morgan fingerprint density at radius 1 is 0.315 bits per heavy atom. The first-order valence-electron chi connectivity index (χ1n) is 18.0. The molecular weight excluding hydrogens is 663 g/mol. The molecule has 3 heterocycles. The van der Waals surface area contributed by atoms with E-state index in [2.05, 4.69) is 127 Å². The van der Waals surface area contributed by atoms with Crippen LogP contribution in [0.25, 0.3) is 111 Å². The zero-order valence-electron chi connectivity index (χ0n) is 28.9. The average molecular weight is 692 g/mol. The number of para-hydroxylation sites is 2. The second-order valence-corrected chi connectivity index (χ2v) is 13.6. The number of fused-ring (bicyclic) bond motifs is 7. The van der Waals surface area contributed by atoms with E-state index >= 15 is 0 Å². The Morgan fingerprint density at radius 3 is 1.70 bits per heavy atom. The van der Waals surface area contributed by atoms with Crippen molar-refractivity contribution >= 4 is 54.6 Å². The maximum atomic E-state index is 6.77. The predicted octanol–water partition coefficient (Wildman–Crippen LogP) is 13.2. The van der Waals surface area contributed by atoms with Crippen LogP contribution in [0.15, 0.2) is 185 Å². The van der Waals surface area contributed by atoms with E-state index in [0.717, 1.165) is 93.6 Å². The number of nitrogens with zero attached hydrogens (tertiary/aromatic N) is 3. The molecule has 0 amide bonds. The van der Waals surface area contributed by atoms with Gasteiger partial charge in [0.1, 0.15) is 22.3 Å². The van der Waals surface area contributed by atoms with E-state index in [1.54, 1.807) is 0 Å². The van der Waals surface area contributed by atoms with E-state index in [4.69, 9.17) is 23.8 Å². The Hall–Kier alpha value is -7.37. The van der Waals surface area contributed by atoms with Gasteiger partial charge < -0.3 is 8.83 Å². The standard InChI is InChI=1S/C49H29N3O2/c1-2-11-30(12-3-1)32-21-24-33(25-22-32)47-50-48(35-26-23-31-13-4-5-14-34(31)29-35)52-49(51-47)40-28-27-37(46-45(40)39-16-7-9-19-42(39)54-46)36-17-10-20-43-44(36)38-15-6-8-18-41(38)53-43/h1-29H. The molecule has 0 atom stereocenters. The van der Waals surface area contributed by atoms with E-state index in [0.29, 0.717) is 17.5 Å². The van der Waals surface area contributed by atoms with Crippen molar-refractivity contribution in [3.8, 4) is 56.4 Å². The molecule has 0 radical (unpaired) electrons. The lowest BCUT2D eigenvalue weighted by molar-refractivity contribution is 0.668. The van der Waals surface area contributed by atoms with Gasteiger partial charge in [-0.2, -0.15) is 0 Å². The highest BCUT2D eigenvalue weighted by Gasteiger charge is 2.22. The molecule has 8 aromatic carbocycles. The summed E-state index contributed by atoms with van der Waals surface area (Å²) in [5, 5.41) is 6.36. The van der Waals surface area contributed by atoms with Crippen LogP contribution in [-0.4, -0.2) is 15.0 Å². The minimum Gasteiger partial charge on any atom is -0.456 e. The van der Waals surface area contributed by atoms with Crippen LogP contribution in [0, 0.1) is 0 Å². The van der Waals surface area contributed by atoms with Gasteiger partial charge >= 0.3 is 0 Å². The fraction of sp³-hybridized carbons (Fsp3) is 0. The molecule has 0 fully saturated rings. The van der Waals surface area contributed by atoms with E-state index in [-0.39, 0.29) is 0 Å². The second kappa shape index (κ2) is 12.1. The van der Waals surface area contributed by atoms with E-state index < -0.39 is 0 Å². The second-order valence-electron chi connectivity index (χ2n) is 13.6. The molecule has 0 aliphatic heterocycles. The highest BCUT2D eigenvalue weighted by atomic mass is 16.3. The van der Waals surface area contributed by atoms with Gasteiger partial charge in [0.05, 0.1) is 0 Å². The van der Waals surface area contributed by atoms with Crippen LogP contribution in [-0.2, 0) is 0 Å². The lowest BCUT2D eigenvalue weighted by Gasteiger charge is -2.12. The van der Waals surface area contributed by atoms with Crippen molar-refractivity contribution in [3.63, 3.8) is 0 Å². The third kappa shape index (κ3) is 4.90. The first-order valence-corrected chi connectivity index (χ1v) is 18.0. The first kappa shape index (κ1) is 30.3. The van der Waals surface area contributed by atoms with E-state index in [9.17, 15) is 0 Å². The summed E-state index contributed by atoms with van der Waals surface area (Å²) in [6.45, 7) is 0. The van der Waals surface area contributed by atoms with Crippen LogP contribution < -0.4 is 0 Å². The summed E-state index contributed by atoms with van der Waals surface area (Å²) in [5.41, 5.74) is 10.3. The Morgan fingerprint density at radius 2 is 0.889 bits per heavy atom. The summed E-state index contributed by atoms with van der Waals surface area (Å²) < 4.78 is 13.1. The number of hydrogen-bond donors (Lipinski definition) is 0. The highest BCUT2D eigenvalue weighted by molar-refractivity contribution is 6.20. The number of aromatic nitrogens is 3. The summed E-state index contributed by atoms with van der Waals surface area (Å²) in [6.07, 6.45) is 0. The fourth-order valence-corrected chi connectivity index (χ4v) is 7.75. The summed E-state index contributed by atoms with van der Waals surface area (Å²) in [7, 11) is 0. The molecule has 11 aromatic rings.